The van der Waals surface area contributed by atoms with E-state index in [1.54, 1.807) is 11.8 Å². The van der Waals surface area contributed by atoms with Crippen LogP contribution in [-0.4, -0.2) is 46.9 Å². The summed E-state index contributed by atoms with van der Waals surface area (Å²) in [5.41, 5.74) is 4.80. The second-order valence-corrected chi connectivity index (χ2v) is 17.7. The van der Waals surface area contributed by atoms with Crippen molar-refractivity contribution in [1.29, 1.82) is 0 Å². The van der Waals surface area contributed by atoms with Crippen molar-refractivity contribution < 1.29 is 29.3 Å². The summed E-state index contributed by atoms with van der Waals surface area (Å²) in [4.78, 5) is 24.8. The zero-order valence-corrected chi connectivity index (χ0v) is 31.4. The van der Waals surface area contributed by atoms with Crippen LogP contribution in [0.4, 0.5) is 0 Å². The summed E-state index contributed by atoms with van der Waals surface area (Å²) in [5.74, 6) is 1.74. The van der Waals surface area contributed by atoms with Crippen LogP contribution in [0.15, 0.2) is 24.3 Å². The van der Waals surface area contributed by atoms with Gasteiger partial charge in [0.25, 0.3) is 0 Å². The van der Waals surface area contributed by atoms with Gasteiger partial charge in [0.05, 0.1) is 6.61 Å². The molecule has 258 valence electrons. The molecule has 0 saturated heterocycles. The van der Waals surface area contributed by atoms with Gasteiger partial charge in [0.15, 0.2) is 0 Å². The molecule has 2 N–H and O–H groups in total. The molecule has 0 saturated carbocycles. The minimum absolute atomic E-state index is 0.211. The number of phenolic OH excluding ortho intramolecular Hbond substituents is 2. The average molecular weight is 657 g/mol. The molecule has 0 spiro atoms. The van der Waals surface area contributed by atoms with Crippen LogP contribution >= 0.6 is 11.8 Å². The van der Waals surface area contributed by atoms with Gasteiger partial charge >= 0.3 is 11.9 Å². The number of aryl methyl sites for hydroxylation is 2. The minimum Gasteiger partial charge on any atom is -0.507 e. The summed E-state index contributed by atoms with van der Waals surface area (Å²) >= 11 is 1.67. The fraction of sp³-hybridized carbons (Fsp3) is 0.641. The standard InChI is InChI=1S/C39H60O6S/c1-36(2,3)28-22-26(23-29(34(28)42)37(4,5)6)14-16-32(40)44-18-13-20-46-21-19-45-33(41)17-15-27-24-30(38(7,8)9)35(43)31(25-27)39(10,11)12/h22-25,42-43H,13-21H2,1-12H3. The number of carbonyl (C=O) groups is 2. The number of aromatic hydroxyl groups is 2. The number of ether oxygens (including phenoxy) is 2. The van der Waals surface area contributed by atoms with E-state index >= 15 is 0 Å². The zero-order chi connectivity index (χ0) is 35.1. The monoisotopic (exact) mass is 656 g/mol. The Hall–Kier alpha value is -2.67. The third-order valence-corrected chi connectivity index (χ3v) is 9.03. The van der Waals surface area contributed by atoms with Gasteiger partial charge in [-0.15, -0.1) is 0 Å². The lowest BCUT2D eigenvalue weighted by Gasteiger charge is -2.28. The Labute approximate surface area is 283 Å². The van der Waals surface area contributed by atoms with E-state index in [0.717, 1.165) is 45.6 Å². The Balaban J connectivity index is 1.71. The average Bonchev–Trinajstić information content (AvgIpc) is 2.90. The minimum atomic E-state index is -0.227. The fourth-order valence-corrected chi connectivity index (χ4v) is 5.99. The summed E-state index contributed by atoms with van der Waals surface area (Å²) in [7, 11) is 0. The number of thioether (sulfide) groups is 1. The predicted molar refractivity (Wildman–Crippen MR) is 192 cm³/mol. The number of hydrogen-bond donors (Lipinski definition) is 2. The van der Waals surface area contributed by atoms with E-state index in [2.05, 4.69) is 83.1 Å². The van der Waals surface area contributed by atoms with E-state index in [1.165, 1.54) is 0 Å². The van der Waals surface area contributed by atoms with Crippen molar-refractivity contribution in [3.05, 3.63) is 57.6 Å². The zero-order valence-electron chi connectivity index (χ0n) is 30.6. The number of hydrogen-bond acceptors (Lipinski definition) is 7. The molecule has 0 aliphatic rings. The smallest absolute Gasteiger partial charge is 0.306 e. The highest BCUT2D eigenvalue weighted by atomic mass is 32.2. The lowest BCUT2D eigenvalue weighted by Crippen LogP contribution is -2.18. The van der Waals surface area contributed by atoms with Crippen LogP contribution in [0.2, 0.25) is 0 Å². The van der Waals surface area contributed by atoms with E-state index in [-0.39, 0.29) is 40.0 Å². The van der Waals surface area contributed by atoms with Crippen LogP contribution in [0.3, 0.4) is 0 Å². The van der Waals surface area contributed by atoms with Crippen LogP contribution in [-0.2, 0) is 53.6 Å². The number of esters is 2. The molecule has 0 atom stereocenters. The Kier molecular flexibility index (Phi) is 13.7. The first-order valence-electron chi connectivity index (χ1n) is 16.6. The number of carbonyl (C=O) groups excluding carboxylic acids is 2. The Bertz CT molecular complexity index is 1160. The summed E-state index contributed by atoms with van der Waals surface area (Å²) < 4.78 is 10.9. The van der Waals surface area contributed by atoms with Gasteiger partial charge in [-0.25, -0.2) is 0 Å². The predicted octanol–water partition coefficient (Wildman–Crippen LogP) is 9.06. The molecule has 0 unspecified atom stereocenters. The SMILES string of the molecule is CC(C)(C)c1cc(CCC(=O)OCCCSCCOC(=O)CCc2cc(C(C)(C)C)c(O)c(C(C)(C)C)c2)cc(C(C)(C)C)c1O. The molecule has 7 heteroatoms. The van der Waals surface area contributed by atoms with Gasteiger partial charge in [0.1, 0.15) is 18.1 Å². The second kappa shape index (κ2) is 16.0. The molecule has 0 radical (unpaired) electrons. The Morgan fingerprint density at radius 2 is 0.891 bits per heavy atom. The molecule has 2 aromatic rings. The van der Waals surface area contributed by atoms with Gasteiger partial charge in [0, 0.05) is 18.6 Å². The molecule has 2 rings (SSSR count). The topological polar surface area (TPSA) is 93.1 Å². The summed E-state index contributed by atoms with van der Waals surface area (Å²) in [6.07, 6.45) is 2.44. The quantitative estimate of drug-likeness (QED) is 0.164. The van der Waals surface area contributed by atoms with Crippen molar-refractivity contribution in [3.8, 4) is 11.5 Å². The van der Waals surface area contributed by atoms with Crippen molar-refractivity contribution in [2.45, 2.75) is 137 Å². The van der Waals surface area contributed by atoms with E-state index in [0.29, 0.717) is 49.7 Å². The molecule has 0 heterocycles. The molecule has 6 nitrogen and oxygen atoms in total. The maximum Gasteiger partial charge on any atom is 0.306 e. The van der Waals surface area contributed by atoms with E-state index in [4.69, 9.17) is 9.47 Å². The highest BCUT2D eigenvalue weighted by molar-refractivity contribution is 7.99. The van der Waals surface area contributed by atoms with Crippen LogP contribution < -0.4 is 0 Å². The first-order valence-corrected chi connectivity index (χ1v) is 17.8. The van der Waals surface area contributed by atoms with E-state index in [1.807, 2.05) is 24.3 Å². The molecule has 2 aromatic carbocycles. The lowest BCUT2D eigenvalue weighted by molar-refractivity contribution is -0.144. The second-order valence-electron chi connectivity index (χ2n) is 16.5. The maximum absolute atomic E-state index is 12.4. The first-order chi connectivity index (χ1) is 21.0. The molecule has 0 aromatic heterocycles. The number of phenols is 2. The summed E-state index contributed by atoms with van der Waals surface area (Å²) in [5, 5.41) is 21.8. The molecular weight excluding hydrogens is 596 g/mol. The van der Waals surface area contributed by atoms with Crippen molar-refractivity contribution in [2.24, 2.45) is 0 Å². The van der Waals surface area contributed by atoms with Gasteiger partial charge < -0.3 is 19.7 Å². The number of rotatable bonds is 13. The van der Waals surface area contributed by atoms with Crippen molar-refractivity contribution in [3.63, 3.8) is 0 Å². The third-order valence-electron chi connectivity index (χ3n) is 7.99. The van der Waals surface area contributed by atoms with Crippen LogP contribution in [0.5, 0.6) is 11.5 Å². The molecule has 0 fully saturated rings. The first kappa shape index (κ1) is 39.5. The van der Waals surface area contributed by atoms with Gasteiger partial charge in [-0.3, -0.25) is 9.59 Å². The molecule has 0 aliphatic heterocycles. The molecule has 0 bridgehead atoms. The van der Waals surface area contributed by atoms with Crippen molar-refractivity contribution in [1.82, 2.24) is 0 Å². The summed E-state index contributed by atoms with van der Waals surface area (Å²) in [6, 6.07) is 8.06. The van der Waals surface area contributed by atoms with Gasteiger partial charge in [-0.1, -0.05) is 107 Å². The highest BCUT2D eigenvalue weighted by Gasteiger charge is 2.28. The van der Waals surface area contributed by atoms with Gasteiger partial charge in [-0.2, -0.15) is 11.8 Å². The maximum atomic E-state index is 12.4. The van der Waals surface area contributed by atoms with Crippen LogP contribution in [0.25, 0.3) is 0 Å². The molecule has 0 amide bonds. The van der Waals surface area contributed by atoms with Crippen LogP contribution in [0.1, 0.15) is 136 Å². The van der Waals surface area contributed by atoms with Gasteiger partial charge in [0.2, 0.25) is 0 Å². The van der Waals surface area contributed by atoms with Crippen molar-refractivity contribution in [2.75, 3.05) is 24.7 Å². The van der Waals surface area contributed by atoms with Crippen LogP contribution in [0, 0.1) is 0 Å². The highest BCUT2D eigenvalue weighted by Crippen LogP contribution is 2.41. The largest absolute Gasteiger partial charge is 0.507 e. The summed E-state index contributed by atoms with van der Waals surface area (Å²) in [6.45, 7) is 25.7. The number of benzene rings is 2. The normalized spacial score (nSPS) is 12.7. The molecule has 0 aliphatic carbocycles. The molecule has 46 heavy (non-hydrogen) atoms. The molecular formula is C39H60O6S. The third kappa shape index (κ3) is 12.2. The van der Waals surface area contributed by atoms with Gasteiger partial charge in [-0.05, 0) is 80.1 Å². The Morgan fingerprint density at radius 3 is 1.22 bits per heavy atom. The van der Waals surface area contributed by atoms with Crippen molar-refractivity contribution >= 4 is 23.7 Å². The Morgan fingerprint density at radius 1 is 0.565 bits per heavy atom. The lowest BCUT2D eigenvalue weighted by atomic mass is 9.78. The van der Waals surface area contributed by atoms with E-state index in [9.17, 15) is 19.8 Å². The van der Waals surface area contributed by atoms with E-state index < -0.39 is 0 Å². The fourth-order valence-electron chi connectivity index (χ4n) is 5.26.